The molecular formula is C21H31N7O2. The molecule has 4 heterocycles. The molecule has 1 saturated heterocycles. The van der Waals surface area contributed by atoms with E-state index in [9.17, 15) is 9.59 Å². The molecule has 0 radical (unpaired) electrons. The highest BCUT2D eigenvalue weighted by Gasteiger charge is 2.16. The molecule has 2 aromatic rings. The third kappa shape index (κ3) is 5.01. The third-order valence-electron chi connectivity index (χ3n) is 5.81. The van der Waals surface area contributed by atoms with Gasteiger partial charge in [-0.3, -0.25) is 4.57 Å². The van der Waals surface area contributed by atoms with Crippen molar-refractivity contribution in [1.82, 2.24) is 30.0 Å². The Morgan fingerprint density at radius 2 is 1.90 bits per heavy atom. The van der Waals surface area contributed by atoms with Crippen LogP contribution in [0.15, 0.2) is 23.1 Å². The monoisotopic (exact) mass is 413 g/mol. The van der Waals surface area contributed by atoms with Gasteiger partial charge in [0.2, 0.25) is 0 Å². The number of carbonyl (C=O) groups excluding carboxylic acids is 1. The Kier molecular flexibility index (Phi) is 6.66. The van der Waals surface area contributed by atoms with Crippen LogP contribution >= 0.6 is 0 Å². The number of anilines is 1. The molecule has 2 aliphatic heterocycles. The number of nitrogens with zero attached hydrogens (tertiary/aromatic N) is 5. The second kappa shape index (κ2) is 9.77. The average molecular weight is 414 g/mol. The van der Waals surface area contributed by atoms with Crippen molar-refractivity contribution in [3.05, 3.63) is 40.2 Å². The molecular weight excluding hydrogens is 382 g/mol. The van der Waals surface area contributed by atoms with Gasteiger partial charge in [-0.05, 0) is 56.2 Å². The molecule has 30 heavy (non-hydrogen) atoms. The minimum absolute atomic E-state index is 0.0312. The Morgan fingerprint density at radius 3 is 2.73 bits per heavy atom. The molecule has 0 aliphatic carbocycles. The Bertz CT molecular complexity index is 914. The van der Waals surface area contributed by atoms with Crippen molar-refractivity contribution in [2.24, 2.45) is 0 Å². The molecule has 9 heteroatoms. The zero-order chi connectivity index (χ0) is 20.8. The Balaban J connectivity index is 1.19. The van der Waals surface area contributed by atoms with Crippen LogP contribution in [0.3, 0.4) is 0 Å². The normalized spacial score (nSPS) is 16.2. The summed E-state index contributed by atoms with van der Waals surface area (Å²) >= 11 is 0. The lowest BCUT2D eigenvalue weighted by Gasteiger charge is -2.27. The van der Waals surface area contributed by atoms with Gasteiger partial charge in [-0.15, -0.1) is 0 Å². The van der Waals surface area contributed by atoms with E-state index < -0.39 is 0 Å². The van der Waals surface area contributed by atoms with Crippen molar-refractivity contribution in [2.45, 2.75) is 64.6 Å². The number of aryl methyl sites for hydroxylation is 2. The maximum absolute atomic E-state index is 12.3. The lowest BCUT2D eigenvalue weighted by molar-refractivity contribution is 0.240. The second-order valence-corrected chi connectivity index (χ2v) is 8.06. The molecule has 0 unspecified atom stereocenters. The van der Waals surface area contributed by atoms with Crippen LogP contribution in [0.4, 0.5) is 10.6 Å². The topological polar surface area (TPSA) is 97.1 Å². The van der Waals surface area contributed by atoms with Gasteiger partial charge in [0.25, 0.3) is 0 Å². The fourth-order valence-electron chi connectivity index (χ4n) is 4.14. The van der Waals surface area contributed by atoms with E-state index in [0.29, 0.717) is 26.1 Å². The number of piperidine rings is 1. The van der Waals surface area contributed by atoms with Gasteiger partial charge >= 0.3 is 11.7 Å². The zero-order valence-electron chi connectivity index (χ0n) is 17.5. The summed E-state index contributed by atoms with van der Waals surface area (Å²) in [5.41, 5.74) is 1.01. The van der Waals surface area contributed by atoms with Crippen LogP contribution in [-0.4, -0.2) is 45.0 Å². The highest BCUT2D eigenvalue weighted by molar-refractivity contribution is 5.73. The van der Waals surface area contributed by atoms with Gasteiger partial charge < -0.3 is 15.5 Å². The quantitative estimate of drug-likeness (QED) is 0.673. The summed E-state index contributed by atoms with van der Waals surface area (Å²) in [6.07, 6.45) is 9.18. The Hall–Kier alpha value is -2.84. The average Bonchev–Trinajstić information content (AvgIpc) is 3.12. The maximum atomic E-state index is 12.3. The van der Waals surface area contributed by atoms with Gasteiger partial charge in [-0.1, -0.05) is 0 Å². The molecule has 162 valence electrons. The smallest absolute Gasteiger partial charge is 0.345 e. The number of amides is 2. The number of aromatic nitrogens is 4. The fraction of sp³-hybridized carbons (Fsp3) is 0.619. The van der Waals surface area contributed by atoms with E-state index in [1.807, 2.05) is 6.07 Å². The summed E-state index contributed by atoms with van der Waals surface area (Å²) < 4.78 is 3.30. The Labute approximate surface area is 176 Å². The van der Waals surface area contributed by atoms with E-state index >= 15 is 0 Å². The first-order chi connectivity index (χ1) is 14.7. The van der Waals surface area contributed by atoms with E-state index in [4.69, 9.17) is 0 Å². The lowest BCUT2D eigenvalue weighted by Crippen LogP contribution is -2.36. The summed E-state index contributed by atoms with van der Waals surface area (Å²) in [6.45, 7) is 4.34. The van der Waals surface area contributed by atoms with Crippen molar-refractivity contribution in [2.75, 3.05) is 24.5 Å². The molecule has 1 fully saturated rings. The van der Waals surface area contributed by atoms with Crippen molar-refractivity contribution in [1.29, 1.82) is 0 Å². The van der Waals surface area contributed by atoms with Crippen molar-refractivity contribution in [3.8, 4) is 0 Å². The zero-order valence-corrected chi connectivity index (χ0v) is 17.5. The SMILES string of the molecule is O=C(NCCCn1nc2n(c1=O)CCCC2)NCc1ccnc(N2CCCCC2)c1. The largest absolute Gasteiger partial charge is 0.357 e. The number of urea groups is 1. The molecule has 0 atom stereocenters. The van der Waals surface area contributed by atoms with Crippen LogP contribution < -0.4 is 21.2 Å². The lowest BCUT2D eigenvalue weighted by atomic mass is 10.1. The number of hydrogen-bond donors (Lipinski definition) is 2. The molecule has 2 aromatic heterocycles. The van der Waals surface area contributed by atoms with Crippen molar-refractivity contribution < 1.29 is 4.79 Å². The van der Waals surface area contributed by atoms with Crippen LogP contribution in [0, 0.1) is 0 Å². The van der Waals surface area contributed by atoms with Gasteiger partial charge in [-0.25, -0.2) is 19.3 Å². The fourth-order valence-corrected chi connectivity index (χ4v) is 4.14. The van der Waals surface area contributed by atoms with Gasteiger partial charge in [0, 0.05) is 51.9 Å². The van der Waals surface area contributed by atoms with E-state index in [2.05, 4.69) is 31.7 Å². The molecule has 0 aromatic carbocycles. The predicted molar refractivity (Wildman–Crippen MR) is 115 cm³/mol. The van der Waals surface area contributed by atoms with Crippen LogP contribution in [0.5, 0.6) is 0 Å². The van der Waals surface area contributed by atoms with E-state index in [0.717, 1.165) is 56.1 Å². The maximum Gasteiger partial charge on any atom is 0.345 e. The molecule has 4 rings (SSSR count). The number of pyridine rings is 1. The molecule has 0 bridgehead atoms. The molecule has 0 spiro atoms. The summed E-state index contributed by atoms with van der Waals surface area (Å²) in [7, 11) is 0. The standard InChI is InChI=1S/C21H31N7O2/c29-20(23-9-6-14-28-21(30)27-13-5-2-7-18(27)25-28)24-16-17-8-10-22-19(15-17)26-11-3-1-4-12-26/h8,10,15H,1-7,9,11-14,16H2,(H2,23,24,29). The molecule has 2 N–H and O–H groups in total. The highest BCUT2D eigenvalue weighted by Crippen LogP contribution is 2.18. The first-order valence-electron chi connectivity index (χ1n) is 11.1. The van der Waals surface area contributed by atoms with Gasteiger partial charge in [-0.2, -0.15) is 5.10 Å². The van der Waals surface area contributed by atoms with E-state index in [1.165, 1.54) is 23.9 Å². The van der Waals surface area contributed by atoms with Gasteiger partial charge in [0.15, 0.2) is 0 Å². The number of nitrogens with one attached hydrogen (secondary N) is 2. The summed E-state index contributed by atoms with van der Waals surface area (Å²) in [5, 5.41) is 10.2. The minimum Gasteiger partial charge on any atom is -0.357 e. The van der Waals surface area contributed by atoms with Crippen LogP contribution in [0.25, 0.3) is 0 Å². The number of hydrogen-bond acceptors (Lipinski definition) is 5. The third-order valence-corrected chi connectivity index (χ3v) is 5.81. The van der Waals surface area contributed by atoms with E-state index in [1.54, 1.807) is 10.8 Å². The summed E-state index contributed by atoms with van der Waals surface area (Å²) in [5.74, 6) is 1.88. The molecule has 2 aliphatic rings. The van der Waals surface area contributed by atoms with Gasteiger partial charge in [0.1, 0.15) is 11.6 Å². The minimum atomic E-state index is -0.206. The molecule has 2 amide bonds. The number of fused-ring (bicyclic) bond motifs is 1. The number of carbonyl (C=O) groups is 1. The first kappa shape index (κ1) is 20.4. The van der Waals surface area contributed by atoms with Crippen molar-refractivity contribution in [3.63, 3.8) is 0 Å². The van der Waals surface area contributed by atoms with Crippen LogP contribution in [0.1, 0.15) is 49.9 Å². The highest BCUT2D eigenvalue weighted by atomic mass is 16.2. The Morgan fingerprint density at radius 1 is 1.07 bits per heavy atom. The van der Waals surface area contributed by atoms with Crippen LogP contribution in [-0.2, 0) is 26.1 Å². The summed E-state index contributed by atoms with van der Waals surface area (Å²) in [4.78, 5) is 31.2. The second-order valence-electron chi connectivity index (χ2n) is 8.06. The van der Waals surface area contributed by atoms with Crippen LogP contribution in [0.2, 0.25) is 0 Å². The number of rotatable bonds is 7. The van der Waals surface area contributed by atoms with E-state index in [-0.39, 0.29) is 11.7 Å². The first-order valence-corrected chi connectivity index (χ1v) is 11.1. The summed E-state index contributed by atoms with van der Waals surface area (Å²) in [6, 6.07) is 3.78. The predicted octanol–water partition coefficient (Wildman–Crippen LogP) is 1.66. The molecule has 9 nitrogen and oxygen atoms in total. The molecule has 0 saturated carbocycles. The van der Waals surface area contributed by atoms with Gasteiger partial charge in [0.05, 0.1) is 0 Å². The van der Waals surface area contributed by atoms with Crippen molar-refractivity contribution >= 4 is 11.8 Å².